The minimum atomic E-state index is -3.53. The Kier molecular flexibility index (Phi) is 6.40. The molecule has 0 aliphatic carbocycles. The third kappa shape index (κ3) is 5.70. The quantitative estimate of drug-likeness (QED) is 0.766. The first-order chi connectivity index (χ1) is 9.57. The summed E-state index contributed by atoms with van der Waals surface area (Å²) < 4.78 is 28.2. The normalized spacial score (nSPS) is 12.9. The molecule has 0 amide bonds. The molecule has 2 N–H and O–H groups in total. The van der Waals surface area contributed by atoms with Gasteiger partial charge < -0.3 is 5.32 Å². The first-order valence-corrected chi connectivity index (χ1v) is 9.41. The summed E-state index contributed by atoms with van der Waals surface area (Å²) in [6.45, 7) is 10.6. The van der Waals surface area contributed by atoms with Gasteiger partial charge >= 0.3 is 0 Å². The third-order valence-corrected chi connectivity index (χ3v) is 5.97. The van der Waals surface area contributed by atoms with E-state index in [0.29, 0.717) is 17.1 Å². The van der Waals surface area contributed by atoms with Gasteiger partial charge in [-0.05, 0) is 53.9 Å². The largest absolute Gasteiger partial charge is 0.310 e. The molecule has 0 aliphatic rings. The lowest BCUT2D eigenvalue weighted by Gasteiger charge is -2.24. The van der Waals surface area contributed by atoms with E-state index >= 15 is 0 Å². The zero-order valence-electron chi connectivity index (χ0n) is 13.3. The summed E-state index contributed by atoms with van der Waals surface area (Å²) in [5.41, 5.74) is 0.583. The minimum absolute atomic E-state index is 0.275. The van der Waals surface area contributed by atoms with Crippen molar-refractivity contribution < 1.29 is 8.42 Å². The predicted octanol–water partition coefficient (Wildman–Crippen LogP) is 3.41. The fraction of sp³-hybridized carbons (Fsp3) is 0.600. The number of halogens is 1. The van der Waals surface area contributed by atoms with Gasteiger partial charge in [-0.1, -0.05) is 26.8 Å². The van der Waals surface area contributed by atoms with Gasteiger partial charge in [0.15, 0.2) is 0 Å². The summed E-state index contributed by atoms with van der Waals surface area (Å²) in [6, 6.07) is 5.73. The molecule has 0 atom stereocenters. The van der Waals surface area contributed by atoms with Crippen LogP contribution in [0, 0.1) is 0 Å². The molecule has 0 radical (unpaired) electrons. The highest BCUT2D eigenvalue weighted by molar-refractivity contribution is 9.10. The maximum absolute atomic E-state index is 12.4. The van der Waals surface area contributed by atoms with Crippen LogP contribution in [0.3, 0.4) is 0 Å². The Morgan fingerprint density at radius 2 is 1.90 bits per heavy atom. The Balaban J connectivity index is 2.99. The number of hydrogen-bond acceptors (Lipinski definition) is 3. The lowest BCUT2D eigenvalue weighted by molar-refractivity contribution is 0.439. The van der Waals surface area contributed by atoms with E-state index in [4.69, 9.17) is 0 Å². The van der Waals surface area contributed by atoms with Crippen molar-refractivity contribution >= 4 is 26.0 Å². The van der Waals surface area contributed by atoms with Crippen LogP contribution in [0.5, 0.6) is 0 Å². The molecular formula is C15H25BrN2O2S. The third-order valence-electron chi connectivity index (χ3n) is 3.29. The van der Waals surface area contributed by atoms with Gasteiger partial charge in [0.1, 0.15) is 0 Å². The summed E-state index contributed by atoms with van der Waals surface area (Å²) in [5.74, 6) is 0. The highest BCUT2D eigenvalue weighted by Crippen LogP contribution is 2.25. The molecule has 1 rings (SSSR count). The Morgan fingerprint density at radius 1 is 1.29 bits per heavy atom. The zero-order valence-corrected chi connectivity index (χ0v) is 15.7. The van der Waals surface area contributed by atoms with Crippen molar-refractivity contribution in [3.05, 3.63) is 28.2 Å². The molecule has 0 heterocycles. The van der Waals surface area contributed by atoms with Gasteiger partial charge in [-0.15, -0.1) is 0 Å². The number of sulfonamides is 1. The average Bonchev–Trinajstić information content (AvgIpc) is 2.34. The molecule has 0 spiro atoms. The highest BCUT2D eigenvalue weighted by Gasteiger charge is 2.26. The Morgan fingerprint density at radius 3 is 2.38 bits per heavy atom. The molecule has 21 heavy (non-hydrogen) atoms. The first kappa shape index (κ1) is 18.6. The predicted molar refractivity (Wildman–Crippen MR) is 90.8 cm³/mol. The fourth-order valence-electron chi connectivity index (χ4n) is 1.69. The molecular weight excluding hydrogens is 352 g/mol. The van der Waals surface area contributed by atoms with Crippen molar-refractivity contribution in [2.75, 3.05) is 0 Å². The smallest absolute Gasteiger partial charge is 0.242 e. The van der Waals surface area contributed by atoms with Gasteiger partial charge in [-0.25, -0.2) is 13.1 Å². The van der Waals surface area contributed by atoms with E-state index in [-0.39, 0.29) is 4.90 Å². The van der Waals surface area contributed by atoms with Gasteiger partial charge in [-0.2, -0.15) is 0 Å². The Labute approximate surface area is 136 Å². The summed E-state index contributed by atoms with van der Waals surface area (Å²) in [4.78, 5) is 0.275. The van der Waals surface area contributed by atoms with E-state index in [0.717, 1.165) is 12.0 Å². The average molecular weight is 377 g/mol. The molecule has 0 saturated carbocycles. The zero-order chi connectivity index (χ0) is 16.3. The summed E-state index contributed by atoms with van der Waals surface area (Å²) in [5, 5.41) is 3.31. The van der Waals surface area contributed by atoms with Gasteiger partial charge in [-0.3, -0.25) is 0 Å². The topological polar surface area (TPSA) is 58.2 Å². The monoisotopic (exact) mass is 376 g/mol. The Hall–Kier alpha value is -0.430. The molecule has 0 saturated heterocycles. The van der Waals surface area contributed by atoms with Crippen LogP contribution in [0.1, 0.15) is 46.6 Å². The number of nitrogens with one attached hydrogen (secondary N) is 2. The molecule has 0 aromatic heterocycles. The molecule has 0 bridgehead atoms. The van der Waals surface area contributed by atoms with Crippen LogP contribution in [0.15, 0.2) is 27.6 Å². The van der Waals surface area contributed by atoms with Crippen LogP contribution in [0.2, 0.25) is 0 Å². The van der Waals surface area contributed by atoms with Crippen molar-refractivity contribution in [2.45, 2.75) is 64.1 Å². The number of hydrogen-bond donors (Lipinski definition) is 2. The standard InChI is InChI=1S/C15H25BrN2O2S/c1-6-15(4,5)18-21(19,20)14-8-7-12(9-13(14)16)10-17-11(2)3/h7-9,11,17-18H,6,10H2,1-5H3. The lowest BCUT2D eigenvalue weighted by atomic mass is 10.0. The van der Waals surface area contributed by atoms with Crippen LogP contribution < -0.4 is 10.0 Å². The van der Waals surface area contributed by atoms with Gasteiger partial charge in [0.2, 0.25) is 10.0 Å². The van der Waals surface area contributed by atoms with Gasteiger partial charge in [0.25, 0.3) is 0 Å². The van der Waals surface area contributed by atoms with Crippen LogP contribution in [-0.2, 0) is 16.6 Å². The summed E-state index contributed by atoms with van der Waals surface area (Å²) in [7, 11) is -3.53. The summed E-state index contributed by atoms with van der Waals surface area (Å²) in [6.07, 6.45) is 0.722. The van der Waals surface area contributed by atoms with E-state index < -0.39 is 15.6 Å². The first-order valence-electron chi connectivity index (χ1n) is 7.13. The van der Waals surface area contributed by atoms with Crippen molar-refractivity contribution in [3.63, 3.8) is 0 Å². The second-order valence-corrected chi connectivity index (χ2v) is 8.65. The minimum Gasteiger partial charge on any atom is -0.310 e. The molecule has 0 aliphatic heterocycles. The van der Waals surface area contributed by atoms with Gasteiger partial charge in [0.05, 0.1) is 4.90 Å². The second kappa shape index (κ2) is 7.22. The second-order valence-electron chi connectivity index (χ2n) is 6.14. The lowest BCUT2D eigenvalue weighted by Crippen LogP contribution is -2.42. The fourth-order valence-corrected chi connectivity index (χ4v) is 4.30. The van der Waals surface area contributed by atoms with Crippen LogP contribution in [-0.4, -0.2) is 20.0 Å². The maximum Gasteiger partial charge on any atom is 0.242 e. The van der Waals surface area contributed by atoms with E-state index in [1.807, 2.05) is 32.9 Å². The molecule has 0 fully saturated rings. The SMILES string of the molecule is CCC(C)(C)NS(=O)(=O)c1ccc(CNC(C)C)cc1Br. The van der Waals surface area contributed by atoms with Crippen molar-refractivity contribution in [1.29, 1.82) is 0 Å². The van der Waals surface area contributed by atoms with Crippen LogP contribution in [0.4, 0.5) is 0 Å². The molecule has 4 nitrogen and oxygen atoms in total. The van der Waals surface area contributed by atoms with E-state index in [9.17, 15) is 8.42 Å². The Bertz CT molecular complexity index is 583. The number of rotatable bonds is 7. The van der Waals surface area contributed by atoms with Crippen LogP contribution in [0.25, 0.3) is 0 Å². The van der Waals surface area contributed by atoms with E-state index in [2.05, 4.69) is 39.8 Å². The van der Waals surface area contributed by atoms with E-state index in [1.54, 1.807) is 6.07 Å². The molecule has 1 aromatic rings. The molecule has 0 unspecified atom stereocenters. The van der Waals surface area contributed by atoms with Crippen molar-refractivity contribution in [3.8, 4) is 0 Å². The summed E-state index contributed by atoms with van der Waals surface area (Å²) >= 11 is 3.37. The van der Waals surface area contributed by atoms with Crippen molar-refractivity contribution in [1.82, 2.24) is 10.0 Å². The maximum atomic E-state index is 12.4. The van der Waals surface area contributed by atoms with E-state index in [1.165, 1.54) is 0 Å². The molecule has 6 heteroatoms. The number of benzene rings is 1. The highest BCUT2D eigenvalue weighted by atomic mass is 79.9. The molecule has 1 aromatic carbocycles. The molecule has 120 valence electrons. The van der Waals surface area contributed by atoms with Crippen LogP contribution >= 0.6 is 15.9 Å². The van der Waals surface area contributed by atoms with Crippen molar-refractivity contribution in [2.24, 2.45) is 0 Å². The van der Waals surface area contributed by atoms with Gasteiger partial charge in [0, 0.05) is 22.6 Å².